The highest BCUT2D eigenvalue weighted by Gasteiger charge is 2.61. The van der Waals surface area contributed by atoms with Crippen LogP contribution in [0.2, 0.25) is 0 Å². The maximum absolute atomic E-state index is 7.28. The first-order valence-corrected chi connectivity index (χ1v) is 11.5. The summed E-state index contributed by atoms with van der Waals surface area (Å²) in [7, 11) is 0. The zero-order valence-corrected chi connectivity index (χ0v) is 17.1. The second kappa shape index (κ2) is 5.86. The number of nitrogens with zero attached hydrogens (tertiary/aromatic N) is 1. The Morgan fingerprint density at radius 3 is 2.00 bits per heavy atom. The molecule has 0 N–H and O–H groups in total. The van der Waals surface area contributed by atoms with Gasteiger partial charge in [0.2, 0.25) is 0 Å². The molecule has 4 bridgehead atoms. The second-order valence-electron chi connectivity index (χ2n) is 10.1. The Hall–Kier alpha value is -2.85. The van der Waals surface area contributed by atoms with Crippen molar-refractivity contribution in [2.45, 2.75) is 37.5 Å². The number of rotatable bonds is 1. The van der Waals surface area contributed by atoms with E-state index in [9.17, 15) is 0 Å². The summed E-state index contributed by atoms with van der Waals surface area (Å²) >= 11 is 0. The molecule has 5 aliphatic carbocycles. The monoisotopic (exact) mass is 387 g/mol. The van der Waals surface area contributed by atoms with E-state index in [1.807, 2.05) is 12.1 Å². The van der Waals surface area contributed by atoms with Crippen LogP contribution < -0.4 is 0 Å². The molecule has 0 saturated heterocycles. The summed E-state index contributed by atoms with van der Waals surface area (Å²) in [5.74, 6) is 3.55. The van der Waals surface area contributed by atoms with E-state index in [-0.39, 0.29) is 5.41 Å². The average molecular weight is 388 g/mol. The fourth-order valence-electron chi connectivity index (χ4n) is 8.16. The zero-order chi connectivity index (χ0) is 19.9. The average Bonchev–Trinajstić information content (AvgIpc) is 3.08. The van der Waals surface area contributed by atoms with E-state index in [2.05, 4.69) is 59.4 Å². The molecule has 146 valence electrons. The van der Waals surface area contributed by atoms with Crippen molar-refractivity contribution in [3.05, 3.63) is 89.3 Å². The Morgan fingerprint density at radius 1 is 0.667 bits per heavy atom. The SMILES string of the molecule is [C-]#[N+]c1ccc(-c2cccc3c2-c2ccccc2C32C3CC4CC(C3)CC2C4)cc1. The molecule has 1 heteroatoms. The van der Waals surface area contributed by atoms with Crippen molar-refractivity contribution in [1.29, 1.82) is 0 Å². The molecule has 0 unspecified atom stereocenters. The highest BCUT2D eigenvalue weighted by Crippen LogP contribution is 2.69. The van der Waals surface area contributed by atoms with Gasteiger partial charge in [0.25, 0.3) is 0 Å². The molecule has 1 nitrogen and oxygen atoms in total. The first-order chi connectivity index (χ1) is 14.8. The van der Waals surface area contributed by atoms with Crippen molar-refractivity contribution in [1.82, 2.24) is 0 Å². The lowest BCUT2D eigenvalue weighted by Gasteiger charge is -2.61. The van der Waals surface area contributed by atoms with Crippen LogP contribution in [0.5, 0.6) is 0 Å². The van der Waals surface area contributed by atoms with Gasteiger partial charge >= 0.3 is 0 Å². The maximum Gasteiger partial charge on any atom is 0.187 e. The standard InChI is InChI=1S/C29H25N/c1-30-23-11-9-20(10-12-23)24-6-4-8-27-28(24)25-5-2-3-7-26(25)29(27)21-14-18-13-19(16-21)17-22(29)15-18/h2-12,18-19,21-22H,13-17H2. The van der Waals surface area contributed by atoms with Crippen LogP contribution in [0.15, 0.2) is 66.7 Å². The molecule has 8 rings (SSSR count). The fourth-order valence-corrected chi connectivity index (χ4v) is 8.16. The van der Waals surface area contributed by atoms with E-state index in [1.54, 1.807) is 11.1 Å². The van der Waals surface area contributed by atoms with Gasteiger partial charge in [0.1, 0.15) is 0 Å². The molecule has 0 amide bonds. The van der Waals surface area contributed by atoms with Crippen LogP contribution >= 0.6 is 0 Å². The molecule has 0 atom stereocenters. The molecule has 30 heavy (non-hydrogen) atoms. The van der Waals surface area contributed by atoms with E-state index < -0.39 is 0 Å². The molecule has 3 aromatic rings. The third-order valence-corrected chi connectivity index (χ3v) is 8.89. The van der Waals surface area contributed by atoms with Crippen molar-refractivity contribution >= 4 is 5.69 Å². The number of hydrogen-bond donors (Lipinski definition) is 0. The summed E-state index contributed by atoms with van der Waals surface area (Å²) < 4.78 is 0. The van der Waals surface area contributed by atoms with Gasteiger partial charge in [-0.3, -0.25) is 0 Å². The van der Waals surface area contributed by atoms with Gasteiger partial charge in [0, 0.05) is 5.41 Å². The van der Waals surface area contributed by atoms with Gasteiger partial charge in [0.15, 0.2) is 5.69 Å². The summed E-state index contributed by atoms with van der Waals surface area (Å²) in [6, 6.07) is 24.5. The van der Waals surface area contributed by atoms with Crippen LogP contribution in [0.25, 0.3) is 27.1 Å². The molecule has 4 saturated carbocycles. The summed E-state index contributed by atoms with van der Waals surface area (Å²) in [6.45, 7) is 7.28. The van der Waals surface area contributed by atoms with Gasteiger partial charge in [-0.2, -0.15) is 0 Å². The van der Waals surface area contributed by atoms with E-state index in [0.717, 1.165) is 23.7 Å². The normalized spacial score (nSPS) is 32.1. The van der Waals surface area contributed by atoms with Crippen molar-refractivity contribution in [2.24, 2.45) is 23.7 Å². The first-order valence-electron chi connectivity index (χ1n) is 11.5. The smallest absolute Gasteiger partial charge is 0.187 e. The van der Waals surface area contributed by atoms with Gasteiger partial charge in [-0.25, -0.2) is 4.85 Å². The molecule has 0 aliphatic heterocycles. The Kier molecular flexibility index (Phi) is 3.30. The van der Waals surface area contributed by atoms with Crippen LogP contribution in [-0.4, -0.2) is 0 Å². The third-order valence-electron chi connectivity index (χ3n) is 8.89. The van der Waals surface area contributed by atoms with E-state index in [4.69, 9.17) is 6.57 Å². The van der Waals surface area contributed by atoms with Crippen molar-refractivity contribution in [3.63, 3.8) is 0 Å². The molecule has 0 heterocycles. The van der Waals surface area contributed by atoms with Gasteiger partial charge in [-0.1, -0.05) is 66.7 Å². The Balaban J connectivity index is 1.51. The minimum Gasteiger partial charge on any atom is -0.238 e. The van der Waals surface area contributed by atoms with E-state index in [0.29, 0.717) is 5.69 Å². The van der Waals surface area contributed by atoms with Gasteiger partial charge < -0.3 is 0 Å². The maximum atomic E-state index is 7.28. The largest absolute Gasteiger partial charge is 0.238 e. The molecule has 5 aliphatic rings. The predicted molar refractivity (Wildman–Crippen MR) is 121 cm³/mol. The highest BCUT2D eigenvalue weighted by molar-refractivity contribution is 5.93. The Morgan fingerprint density at radius 2 is 1.30 bits per heavy atom. The Labute approximate surface area is 178 Å². The summed E-state index contributed by atoms with van der Waals surface area (Å²) in [5, 5.41) is 0. The number of benzene rings is 3. The molecular weight excluding hydrogens is 362 g/mol. The van der Waals surface area contributed by atoms with Crippen LogP contribution in [0.3, 0.4) is 0 Å². The number of hydrogen-bond acceptors (Lipinski definition) is 0. The molecular formula is C29H25N. The van der Waals surface area contributed by atoms with Crippen LogP contribution in [-0.2, 0) is 5.41 Å². The Bertz CT molecular complexity index is 1180. The van der Waals surface area contributed by atoms with E-state index >= 15 is 0 Å². The third kappa shape index (κ3) is 1.98. The topological polar surface area (TPSA) is 4.36 Å². The minimum atomic E-state index is 0.228. The molecule has 4 fully saturated rings. The molecule has 3 aromatic carbocycles. The van der Waals surface area contributed by atoms with Crippen molar-refractivity contribution in [3.8, 4) is 22.3 Å². The second-order valence-corrected chi connectivity index (χ2v) is 10.1. The summed E-state index contributed by atoms with van der Waals surface area (Å²) in [4.78, 5) is 3.58. The van der Waals surface area contributed by atoms with Crippen LogP contribution in [0.4, 0.5) is 5.69 Å². The lowest BCUT2D eigenvalue weighted by Crippen LogP contribution is -2.55. The van der Waals surface area contributed by atoms with E-state index in [1.165, 1.54) is 54.4 Å². The van der Waals surface area contributed by atoms with Crippen LogP contribution in [0, 0.1) is 30.2 Å². The van der Waals surface area contributed by atoms with Gasteiger partial charge in [-0.05, 0) is 89.2 Å². The van der Waals surface area contributed by atoms with Gasteiger partial charge in [0.05, 0.1) is 6.57 Å². The quantitative estimate of drug-likeness (QED) is 0.378. The highest BCUT2D eigenvalue weighted by atomic mass is 14.6. The first kappa shape index (κ1) is 16.9. The lowest BCUT2D eigenvalue weighted by atomic mass is 9.43. The molecule has 0 aromatic heterocycles. The van der Waals surface area contributed by atoms with Crippen LogP contribution in [0.1, 0.15) is 43.2 Å². The molecule has 0 radical (unpaired) electrons. The lowest BCUT2D eigenvalue weighted by molar-refractivity contribution is -0.0399. The summed E-state index contributed by atoms with van der Waals surface area (Å²) in [6.07, 6.45) is 7.18. The predicted octanol–water partition coefficient (Wildman–Crippen LogP) is 7.63. The zero-order valence-electron chi connectivity index (χ0n) is 17.1. The van der Waals surface area contributed by atoms with Crippen molar-refractivity contribution in [2.75, 3.05) is 0 Å². The molecule has 1 spiro atoms. The minimum absolute atomic E-state index is 0.228. The number of fused-ring (bicyclic) bond motifs is 3. The fraction of sp³-hybridized carbons (Fsp3) is 0.345. The summed E-state index contributed by atoms with van der Waals surface area (Å²) in [5.41, 5.74) is 9.65. The van der Waals surface area contributed by atoms with Gasteiger partial charge in [-0.15, -0.1) is 0 Å². The van der Waals surface area contributed by atoms with Crippen molar-refractivity contribution < 1.29 is 0 Å².